The lowest BCUT2D eigenvalue weighted by Gasteiger charge is -2.44. The molecule has 21 heavy (non-hydrogen) atoms. The van der Waals surface area contributed by atoms with Crippen molar-refractivity contribution in [3.8, 4) is 0 Å². The maximum absolute atomic E-state index is 11.9. The number of carbonyl (C=O) groups is 1. The molecule has 4 heteroatoms. The van der Waals surface area contributed by atoms with Crippen LogP contribution in [0.3, 0.4) is 0 Å². The van der Waals surface area contributed by atoms with Gasteiger partial charge in [0.25, 0.3) is 0 Å². The Labute approximate surface area is 135 Å². The molecule has 2 atom stereocenters. The van der Waals surface area contributed by atoms with Crippen LogP contribution in [0.25, 0.3) is 0 Å². The number of esters is 1. The van der Waals surface area contributed by atoms with Gasteiger partial charge in [-0.05, 0) is 52.0 Å². The fraction of sp³-hybridized carbons (Fsp3) is 0.941. The molecule has 0 bridgehead atoms. The van der Waals surface area contributed by atoms with Gasteiger partial charge in [-0.3, -0.25) is 4.79 Å². The van der Waals surface area contributed by atoms with Gasteiger partial charge in [0.05, 0.1) is 5.75 Å². The van der Waals surface area contributed by atoms with Crippen LogP contribution in [0.4, 0.5) is 0 Å². The molecule has 1 aliphatic carbocycles. The van der Waals surface area contributed by atoms with Crippen molar-refractivity contribution < 1.29 is 9.53 Å². The Morgan fingerprint density at radius 2 is 2.05 bits per heavy atom. The van der Waals surface area contributed by atoms with Crippen LogP contribution in [0.15, 0.2) is 0 Å². The van der Waals surface area contributed by atoms with Crippen LogP contribution < -0.4 is 5.32 Å². The lowest BCUT2D eigenvalue weighted by molar-refractivity contribution is -0.151. The summed E-state index contributed by atoms with van der Waals surface area (Å²) >= 11 is 1.77. The van der Waals surface area contributed by atoms with E-state index in [1.165, 1.54) is 19.3 Å². The third-order valence-electron chi connectivity index (χ3n) is 3.97. The monoisotopic (exact) mass is 315 g/mol. The van der Waals surface area contributed by atoms with E-state index in [4.69, 9.17) is 4.74 Å². The van der Waals surface area contributed by atoms with Crippen molar-refractivity contribution in [3.63, 3.8) is 0 Å². The van der Waals surface area contributed by atoms with E-state index in [1.807, 2.05) is 20.8 Å². The Morgan fingerprint density at radius 1 is 1.38 bits per heavy atom. The maximum atomic E-state index is 11.9. The Balaban J connectivity index is 2.55. The average Bonchev–Trinajstić information content (AvgIpc) is 2.32. The lowest BCUT2D eigenvalue weighted by Crippen LogP contribution is -2.51. The minimum Gasteiger partial charge on any atom is -0.459 e. The van der Waals surface area contributed by atoms with Crippen LogP contribution >= 0.6 is 11.8 Å². The molecule has 0 aromatic heterocycles. The summed E-state index contributed by atoms with van der Waals surface area (Å²) in [6.07, 6.45) is 4.86. The molecule has 0 spiro atoms. The van der Waals surface area contributed by atoms with E-state index in [1.54, 1.807) is 11.8 Å². The van der Waals surface area contributed by atoms with E-state index in [9.17, 15) is 4.79 Å². The molecule has 1 aliphatic rings. The first kappa shape index (κ1) is 18.8. The normalized spacial score (nSPS) is 25.6. The molecule has 0 aromatic carbocycles. The van der Waals surface area contributed by atoms with Gasteiger partial charge < -0.3 is 10.1 Å². The Kier molecular flexibility index (Phi) is 7.05. The minimum absolute atomic E-state index is 0.0925. The maximum Gasteiger partial charge on any atom is 0.316 e. The van der Waals surface area contributed by atoms with Crippen LogP contribution in [-0.2, 0) is 9.53 Å². The second-order valence-electron chi connectivity index (χ2n) is 7.75. The summed E-state index contributed by atoms with van der Waals surface area (Å²) in [6.45, 7) is 13.7. The third kappa shape index (κ3) is 6.60. The molecule has 1 N–H and O–H groups in total. The zero-order chi connectivity index (χ0) is 16.1. The number of nitrogens with one attached hydrogen (secondary N) is 1. The second-order valence-corrected chi connectivity index (χ2v) is 8.98. The fourth-order valence-corrected chi connectivity index (χ4v) is 4.42. The van der Waals surface area contributed by atoms with Gasteiger partial charge in [-0.1, -0.05) is 27.2 Å². The van der Waals surface area contributed by atoms with Crippen molar-refractivity contribution in [2.24, 2.45) is 5.41 Å². The number of hydrogen-bond donors (Lipinski definition) is 1. The van der Waals surface area contributed by atoms with Crippen LogP contribution in [0.5, 0.6) is 0 Å². The summed E-state index contributed by atoms with van der Waals surface area (Å²) in [7, 11) is 0. The zero-order valence-corrected chi connectivity index (χ0v) is 15.4. The van der Waals surface area contributed by atoms with E-state index in [2.05, 4.69) is 26.1 Å². The molecule has 2 unspecified atom stereocenters. The molecule has 0 radical (unpaired) electrons. The molecule has 1 fully saturated rings. The molecule has 3 nitrogen and oxygen atoms in total. The van der Waals surface area contributed by atoms with Gasteiger partial charge in [0, 0.05) is 11.3 Å². The first-order valence-electron chi connectivity index (χ1n) is 8.22. The van der Waals surface area contributed by atoms with E-state index in [0.717, 1.165) is 13.0 Å². The number of ether oxygens (including phenoxy) is 1. The standard InChI is InChI=1S/C17H33NO2S/c1-7-11-18-15-13(9-8-10-17(15,5)6)21-12-14(19)20-16(2,3)4/h13,15,18H,7-12H2,1-6H3. The summed E-state index contributed by atoms with van der Waals surface area (Å²) < 4.78 is 5.42. The van der Waals surface area contributed by atoms with Gasteiger partial charge in [-0.2, -0.15) is 0 Å². The predicted octanol–water partition coefficient (Wildman–Crippen LogP) is 4.01. The highest BCUT2D eigenvalue weighted by Gasteiger charge is 2.39. The molecule has 124 valence electrons. The topological polar surface area (TPSA) is 38.3 Å². The van der Waals surface area contributed by atoms with Crippen molar-refractivity contribution in [1.29, 1.82) is 0 Å². The van der Waals surface area contributed by atoms with Crippen LogP contribution in [0, 0.1) is 5.41 Å². The van der Waals surface area contributed by atoms with Gasteiger partial charge in [0.2, 0.25) is 0 Å². The second kappa shape index (κ2) is 7.87. The van der Waals surface area contributed by atoms with Crippen molar-refractivity contribution in [3.05, 3.63) is 0 Å². The summed E-state index contributed by atoms with van der Waals surface area (Å²) in [4.78, 5) is 11.9. The van der Waals surface area contributed by atoms with Crippen LogP contribution in [0.1, 0.15) is 67.2 Å². The van der Waals surface area contributed by atoms with Crippen molar-refractivity contribution in [2.45, 2.75) is 84.1 Å². The van der Waals surface area contributed by atoms with Gasteiger partial charge in [0.15, 0.2) is 0 Å². The van der Waals surface area contributed by atoms with Gasteiger partial charge in [-0.15, -0.1) is 11.8 Å². The van der Waals surface area contributed by atoms with Crippen molar-refractivity contribution >= 4 is 17.7 Å². The molecule has 0 aromatic rings. The molecule has 0 saturated heterocycles. The quantitative estimate of drug-likeness (QED) is 0.752. The highest BCUT2D eigenvalue weighted by molar-refractivity contribution is 8.00. The van der Waals surface area contributed by atoms with Gasteiger partial charge >= 0.3 is 5.97 Å². The molecule has 0 aliphatic heterocycles. The fourth-order valence-electron chi connectivity index (χ4n) is 3.02. The van der Waals surface area contributed by atoms with E-state index >= 15 is 0 Å². The van der Waals surface area contributed by atoms with E-state index < -0.39 is 0 Å². The number of rotatable bonds is 6. The van der Waals surface area contributed by atoms with Gasteiger partial charge in [0.1, 0.15) is 5.60 Å². The number of carbonyl (C=O) groups excluding carboxylic acids is 1. The summed E-state index contributed by atoms with van der Waals surface area (Å²) in [5.41, 5.74) is -0.0810. The van der Waals surface area contributed by atoms with Gasteiger partial charge in [-0.25, -0.2) is 0 Å². The van der Waals surface area contributed by atoms with Crippen molar-refractivity contribution in [1.82, 2.24) is 5.32 Å². The molecular weight excluding hydrogens is 282 g/mol. The summed E-state index contributed by atoms with van der Waals surface area (Å²) in [5, 5.41) is 4.22. The van der Waals surface area contributed by atoms with E-state index in [0.29, 0.717) is 22.5 Å². The van der Waals surface area contributed by atoms with Crippen LogP contribution in [-0.4, -0.2) is 35.2 Å². The first-order valence-corrected chi connectivity index (χ1v) is 9.27. The Morgan fingerprint density at radius 3 is 2.62 bits per heavy atom. The number of hydrogen-bond acceptors (Lipinski definition) is 4. The lowest BCUT2D eigenvalue weighted by atomic mass is 9.73. The largest absolute Gasteiger partial charge is 0.459 e. The zero-order valence-electron chi connectivity index (χ0n) is 14.6. The average molecular weight is 316 g/mol. The van der Waals surface area contributed by atoms with Crippen LogP contribution in [0.2, 0.25) is 0 Å². The SMILES string of the molecule is CCCNC1C(SCC(=O)OC(C)(C)C)CCCC1(C)C. The molecule has 0 heterocycles. The summed E-state index contributed by atoms with van der Waals surface area (Å²) in [5.74, 6) is 0.368. The number of thioether (sulfide) groups is 1. The minimum atomic E-state index is -0.386. The smallest absolute Gasteiger partial charge is 0.316 e. The first-order chi connectivity index (χ1) is 9.65. The highest BCUT2D eigenvalue weighted by atomic mass is 32.2. The van der Waals surface area contributed by atoms with E-state index in [-0.39, 0.29) is 11.6 Å². The van der Waals surface area contributed by atoms with Crippen molar-refractivity contribution in [2.75, 3.05) is 12.3 Å². The predicted molar refractivity (Wildman–Crippen MR) is 91.8 cm³/mol. The molecule has 1 rings (SSSR count). The summed E-state index contributed by atoms with van der Waals surface area (Å²) in [6, 6.07) is 0.485. The molecule has 0 amide bonds. The third-order valence-corrected chi connectivity index (χ3v) is 5.31. The Bertz CT molecular complexity index is 336. The molecular formula is C17H33NO2S. The highest BCUT2D eigenvalue weighted by Crippen LogP contribution is 2.40. The Hall–Kier alpha value is -0.220. The molecule has 1 saturated carbocycles.